The van der Waals surface area contributed by atoms with Crippen LogP contribution in [0.4, 0.5) is 0 Å². The van der Waals surface area contributed by atoms with Gasteiger partial charge < -0.3 is 14.2 Å². The predicted molar refractivity (Wildman–Crippen MR) is 90.6 cm³/mol. The molecule has 0 aromatic heterocycles. The second-order valence-electron chi connectivity index (χ2n) is 5.29. The molecule has 0 spiro atoms. The number of hydrogen-bond donors (Lipinski definition) is 0. The van der Waals surface area contributed by atoms with Gasteiger partial charge in [-0.3, -0.25) is 0 Å². The molecule has 0 heterocycles. The second-order valence-corrected chi connectivity index (χ2v) is 5.29. The summed E-state index contributed by atoms with van der Waals surface area (Å²) in [4.78, 5) is 11.7. The highest BCUT2D eigenvalue weighted by molar-refractivity contribution is 5.87. The summed E-state index contributed by atoms with van der Waals surface area (Å²) in [6.45, 7) is 8.17. The van der Waals surface area contributed by atoms with Crippen molar-refractivity contribution >= 4 is 16.7 Å². The summed E-state index contributed by atoms with van der Waals surface area (Å²) in [5.41, 5.74) is 0.359. The molecule has 1 unspecified atom stereocenters. The monoisotopic (exact) mass is 314 g/mol. The Labute approximate surface area is 136 Å². The first-order chi connectivity index (χ1) is 11.1. The highest BCUT2D eigenvalue weighted by atomic mass is 16.6. The molecule has 2 rings (SSSR count). The van der Waals surface area contributed by atoms with Gasteiger partial charge in [-0.25, -0.2) is 4.79 Å². The molecule has 0 bridgehead atoms. The Hall–Kier alpha value is -2.33. The van der Waals surface area contributed by atoms with Gasteiger partial charge in [-0.1, -0.05) is 36.9 Å². The summed E-state index contributed by atoms with van der Waals surface area (Å²) in [5.74, 6) is 0.299. The van der Waals surface area contributed by atoms with E-state index in [1.54, 1.807) is 6.92 Å². The number of carbonyl (C=O) groups excluding carboxylic acids is 1. The molecule has 0 saturated heterocycles. The fourth-order valence-corrected chi connectivity index (χ4v) is 2.06. The van der Waals surface area contributed by atoms with Gasteiger partial charge in [0.1, 0.15) is 12.4 Å². The Balaban J connectivity index is 2.00. The van der Waals surface area contributed by atoms with Crippen molar-refractivity contribution in [2.75, 3.05) is 19.8 Å². The number of esters is 1. The van der Waals surface area contributed by atoms with Gasteiger partial charge in [0.05, 0.1) is 6.61 Å². The lowest BCUT2D eigenvalue weighted by Crippen LogP contribution is -2.30. The smallest absolute Gasteiger partial charge is 0.333 e. The molecule has 0 N–H and O–H groups in total. The van der Waals surface area contributed by atoms with Crippen molar-refractivity contribution in [3.63, 3.8) is 0 Å². The molecule has 122 valence electrons. The van der Waals surface area contributed by atoms with Gasteiger partial charge in [-0.15, -0.1) is 0 Å². The normalized spacial score (nSPS) is 11.9. The number of carbonyl (C=O) groups is 1. The quantitative estimate of drug-likeness (QED) is 0.550. The van der Waals surface area contributed by atoms with E-state index in [1.807, 2.05) is 49.4 Å². The van der Waals surface area contributed by atoms with E-state index in [2.05, 4.69) is 6.58 Å². The maximum absolute atomic E-state index is 11.7. The van der Waals surface area contributed by atoms with Crippen LogP contribution in [0.2, 0.25) is 0 Å². The van der Waals surface area contributed by atoms with Gasteiger partial charge in [-0.05, 0) is 36.8 Å². The van der Waals surface area contributed by atoms with Crippen LogP contribution in [0.3, 0.4) is 0 Å². The lowest BCUT2D eigenvalue weighted by molar-refractivity contribution is -0.149. The van der Waals surface area contributed by atoms with Crippen molar-refractivity contribution < 1.29 is 19.0 Å². The van der Waals surface area contributed by atoms with Crippen LogP contribution in [0, 0.1) is 0 Å². The van der Waals surface area contributed by atoms with Gasteiger partial charge in [0.2, 0.25) is 0 Å². The fourth-order valence-electron chi connectivity index (χ4n) is 2.06. The number of hydrogen-bond acceptors (Lipinski definition) is 4. The fraction of sp³-hybridized carbons (Fsp3) is 0.316. The minimum Gasteiger partial charge on any atom is -0.490 e. The van der Waals surface area contributed by atoms with E-state index in [9.17, 15) is 4.79 Å². The van der Waals surface area contributed by atoms with E-state index in [1.165, 1.54) is 0 Å². The Kier molecular flexibility index (Phi) is 6.18. The summed E-state index contributed by atoms with van der Waals surface area (Å²) in [6.07, 6.45) is -0.467. The molecule has 0 saturated carbocycles. The van der Waals surface area contributed by atoms with Gasteiger partial charge >= 0.3 is 5.97 Å². The third kappa shape index (κ3) is 5.11. The molecule has 2 aromatic rings. The number of fused-ring (bicyclic) bond motifs is 1. The lowest BCUT2D eigenvalue weighted by atomic mass is 10.1. The van der Waals surface area contributed by atoms with Crippen molar-refractivity contribution in [1.29, 1.82) is 0 Å². The molecular weight excluding hydrogens is 292 g/mol. The first-order valence-electron chi connectivity index (χ1n) is 7.66. The van der Waals surface area contributed by atoms with Gasteiger partial charge in [0, 0.05) is 12.2 Å². The molecule has 0 radical (unpaired) electrons. The van der Waals surface area contributed by atoms with E-state index >= 15 is 0 Å². The highest BCUT2D eigenvalue weighted by Gasteiger charge is 2.16. The molecule has 0 fully saturated rings. The van der Waals surface area contributed by atoms with E-state index in [4.69, 9.17) is 14.2 Å². The van der Waals surface area contributed by atoms with Gasteiger partial charge in [0.15, 0.2) is 6.10 Å². The zero-order valence-electron chi connectivity index (χ0n) is 13.6. The average Bonchev–Trinajstić information content (AvgIpc) is 2.56. The third-order valence-electron chi connectivity index (χ3n) is 3.29. The summed E-state index contributed by atoms with van der Waals surface area (Å²) < 4.78 is 16.4. The molecule has 2 aromatic carbocycles. The van der Waals surface area contributed by atoms with Crippen molar-refractivity contribution in [3.05, 3.63) is 54.6 Å². The minimum absolute atomic E-state index is 0.233. The number of rotatable bonds is 8. The van der Waals surface area contributed by atoms with Crippen LogP contribution >= 0.6 is 0 Å². The maximum atomic E-state index is 11.7. The van der Waals surface area contributed by atoms with Crippen LogP contribution < -0.4 is 4.74 Å². The molecular formula is C19H22O4. The third-order valence-corrected chi connectivity index (χ3v) is 3.29. The van der Waals surface area contributed by atoms with Crippen LogP contribution in [0.5, 0.6) is 5.75 Å². The standard InChI is InChI=1S/C19H22O4/c1-4-21-12-18(23-19(20)14(2)3)13-22-17-10-9-15-7-5-6-8-16(15)11-17/h5-11,18H,2,4,12-13H2,1,3H3. The predicted octanol–water partition coefficient (Wildman–Crippen LogP) is 3.74. The maximum Gasteiger partial charge on any atom is 0.333 e. The molecule has 0 amide bonds. The van der Waals surface area contributed by atoms with E-state index in [0.29, 0.717) is 18.8 Å². The summed E-state index contributed by atoms with van der Waals surface area (Å²) in [6, 6.07) is 13.9. The van der Waals surface area contributed by atoms with Crippen molar-refractivity contribution in [2.24, 2.45) is 0 Å². The Morgan fingerprint density at radius 3 is 2.57 bits per heavy atom. The van der Waals surface area contributed by atoms with Crippen molar-refractivity contribution in [2.45, 2.75) is 20.0 Å². The Morgan fingerprint density at radius 2 is 1.87 bits per heavy atom. The molecule has 4 heteroatoms. The number of ether oxygens (including phenoxy) is 3. The SMILES string of the molecule is C=C(C)C(=O)OC(COCC)COc1ccc2ccccc2c1. The van der Waals surface area contributed by atoms with Crippen LogP contribution in [0.25, 0.3) is 10.8 Å². The molecule has 23 heavy (non-hydrogen) atoms. The summed E-state index contributed by atoms with van der Waals surface area (Å²) >= 11 is 0. The minimum atomic E-state index is -0.467. The first-order valence-corrected chi connectivity index (χ1v) is 7.66. The lowest BCUT2D eigenvalue weighted by Gasteiger charge is -2.18. The second kappa shape index (κ2) is 8.34. The van der Waals surface area contributed by atoms with Crippen LogP contribution in [-0.4, -0.2) is 31.9 Å². The first kappa shape index (κ1) is 17.0. The van der Waals surface area contributed by atoms with E-state index < -0.39 is 12.1 Å². The summed E-state index contributed by atoms with van der Waals surface area (Å²) in [5, 5.41) is 2.25. The highest BCUT2D eigenvalue weighted by Crippen LogP contribution is 2.20. The van der Waals surface area contributed by atoms with Crippen molar-refractivity contribution in [3.8, 4) is 5.75 Å². The van der Waals surface area contributed by atoms with E-state index in [0.717, 1.165) is 16.5 Å². The molecule has 1 atom stereocenters. The molecule has 0 aliphatic rings. The number of benzene rings is 2. The zero-order chi connectivity index (χ0) is 16.7. The molecule has 0 aliphatic heterocycles. The molecule has 0 aliphatic carbocycles. The van der Waals surface area contributed by atoms with Crippen LogP contribution in [-0.2, 0) is 14.3 Å². The Morgan fingerprint density at radius 1 is 1.13 bits per heavy atom. The topological polar surface area (TPSA) is 44.8 Å². The van der Waals surface area contributed by atoms with E-state index in [-0.39, 0.29) is 6.61 Å². The van der Waals surface area contributed by atoms with Gasteiger partial charge in [0.25, 0.3) is 0 Å². The zero-order valence-corrected chi connectivity index (χ0v) is 13.6. The average molecular weight is 314 g/mol. The summed E-state index contributed by atoms with van der Waals surface area (Å²) in [7, 11) is 0. The largest absolute Gasteiger partial charge is 0.490 e. The Bertz CT molecular complexity index is 678. The van der Waals surface area contributed by atoms with Gasteiger partial charge in [-0.2, -0.15) is 0 Å². The van der Waals surface area contributed by atoms with Crippen molar-refractivity contribution in [1.82, 2.24) is 0 Å². The van der Waals surface area contributed by atoms with Crippen LogP contribution in [0.1, 0.15) is 13.8 Å². The molecule has 4 nitrogen and oxygen atoms in total. The van der Waals surface area contributed by atoms with Crippen LogP contribution in [0.15, 0.2) is 54.6 Å².